The number of nitrogens with zero attached hydrogens (tertiary/aromatic N) is 5. The Morgan fingerprint density at radius 2 is 2.00 bits per heavy atom. The normalized spacial score (nSPS) is 11.1. The Bertz CT molecular complexity index is 1540. The fourth-order valence-corrected chi connectivity index (χ4v) is 4.20. The van der Waals surface area contributed by atoms with Crippen LogP contribution in [0.5, 0.6) is 0 Å². The van der Waals surface area contributed by atoms with Gasteiger partial charge in [-0.2, -0.15) is 4.68 Å². The number of anilines is 1. The molecule has 0 aliphatic carbocycles. The van der Waals surface area contributed by atoms with Crippen molar-refractivity contribution in [2.75, 3.05) is 11.1 Å². The molecule has 2 aromatic carbocycles. The number of benzene rings is 2. The van der Waals surface area contributed by atoms with Gasteiger partial charge in [0.15, 0.2) is 0 Å². The average Bonchev–Trinajstić information content (AvgIpc) is 3.32. The molecule has 4 rings (SSSR count). The highest BCUT2D eigenvalue weighted by Gasteiger charge is 2.24. The zero-order valence-electron chi connectivity index (χ0n) is 19.0. The van der Waals surface area contributed by atoms with Crippen molar-refractivity contribution < 1.29 is 14.7 Å². The number of halogens is 2. The maximum Gasteiger partial charge on any atom is 0.321 e. The summed E-state index contributed by atoms with van der Waals surface area (Å²) in [6.07, 6.45) is 1.68. The van der Waals surface area contributed by atoms with Crippen LogP contribution in [0.3, 0.4) is 0 Å². The number of amides is 1. The number of tetrazole rings is 1. The predicted octanol–water partition coefficient (Wildman–Crippen LogP) is 4.71. The SMILES string of the molecule is CC(C)(C#Cc1ccc(NC(=O)CSc2nnnn2-c2ccc3ncccc3c2Cl)c(Cl)c1)C(=O)O. The first-order chi connectivity index (χ1) is 17.2. The largest absolute Gasteiger partial charge is 0.480 e. The number of carbonyl (C=O) groups is 2. The van der Waals surface area contributed by atoms with Crippen LogP contribution >= 0.6 is 35.0 Å². The highest BCUT2D eigenvalue weighted by Crippen LogP contribution is 2.30. The molecule has 4 aromatic rings. The molecule has 36 heavy (non-hydrogen) atoms. The van der Waals surface area contributed by atoms with Gasteiger partial charge in [-0.15, -0.1) is 5.10 Å². The van der Waals surface area contributed by atoms with Gasteiger partial charge in [0.05, 0.1) is 32.7 Å². The third-order valence-electron chi connectivity index (χ3n) is 5.00. The van der Waals surface area contributed by atoms with Crippen LogP contribution in [0.2, 0.25) is 10.0 Å². The number of hydrogen-bond donors (Lipinski definition) is 2. The Balaban J connectivity index is 1.44. The topological polar surface area (TPSA) is 123 Å². The standard InChI is InChI=1S/C24H18Cl2N6O3S/c1-24(2,22(34)35)10-9-14-5-6-18(16(25)12-14)28-20(33)13-36-23-29-30-31-32(23)19-8-7-17-15(21(19)26)4-3-11-27-17/h3-8,11-12H,13H2,1-2H3,(H,28,33)(H,34,35). The lowest BCUT2D eigenvalue weighted by Crippen LogP contribution is -2.21. The second kappa shape index (κ2) is 10.5. The van der Waals surface area contributed by atoms with Crippen LogP contribution in [0.1, 0.15) is 19.4 Å². The third-order valence-corrected chi connectivity index (χ3v) is 6.63. The smallest absolute Gasteiger partial charge is 0.321 e. The second-order valence-corrected chi connectivity index (χ2v) is 9.78. The quantitative estimate of drug-likeness (QED) is 0.266. The van der Waals surface area contributed by atoms with Gasteiger partial charge in [0.1, 0.15) is 5.41 Å². The molecule has 0 radical (unpaired) electrons. The van der Waals surface area contributed by atoms with Crippen LogP contribution in [0.15, 0.2) is 53.8 Å². The van der Waals surface area contributed by atoms with Crippen LogP contribution in [-0.2, 0) is 9.59 Å². The maximum absolute atomic E-state index is 12.6. The Hall–Kier alpha value is -3.65. The first-order valence-electron chi connectivity index (χ1n) is 10.5. The fraction of sp³-hybridized carbons (Fsp3) is 0.167. The van der Waals surface area contributed by atoms with E-state index in [1.165, 1.54) is 18.5 Å². The van der Waals surface area contributed by atoms with E-state index in [2.05, 4.69) is 37.7 Å². The van der Waals surface area contributed by atoms with Crippen molar-refractivity contribution in [3.63, 3.8) is 0 Å². The van der Waals surface area contributed by atoms with Crippen LogP contribution in [0.25, 0.3) is 16.6 Å². The summed E-state index contributed by atoms with van der Waals surface area (Å²) in [6, 6.07) is 12.0. The monoisotopic (exact) mass is 540 g/mol. The average molecular weight is 541 g/mol. The number of carboxylic acid groups (broad SMARTS) is 1. The minimum absolute atomic E-state index is 0.0117. The lowest BCUT2D eigenvalue weighted by molar-refractivity contribution is -0.143. The van der Waals surface area contributed by atoms with E-state index in [-0.39, 0.29) is 16.7 Å². The van der Waals surface area contributed by atoms with Crippen molar-refractivity contribution in [3.8, 4) is 17.5 Å². The van der Waals surface area contributed by atoms with Gasteiger partial charge in [-0.1, -0.05) is 46.8 Å². The molecule has 12 heteroatoms. The number of hydrogen-bond acceptors (Lipinski definition) is 7. The first kappa shape index (κ1) is 25.4. The molecule has 0 atom stereocenters. The molecule has 0 aliphatic rings. The maximum atomic E-state index is 12.6. The van der Waals surface area contributed by atoms with Crippen molar-refractivity contribution in [2.24, 2.45) is 5.41 Å². The third kappa shape index (κ3) is 5.60. The van der Waals surface area contributed by atoms with Gasteiger partial charge in [-0.3, -0.25) is 14.6 Å². The highest BCUT2D eigenvalue weighted by molar-refractivity contribution is 7.99. The zero-order valence-corrected chi connectivity index (χ0v) is 21.3. The molecule has 0 spiro atoms. The van der Waals surface area contributed by atoms with Crippen LogP contribution in [0.4, 0.5) is 5.69 Å². The first-order valence-corrected chi connectivity index (χ1v) is 12.2. The van der Waals surface area contributed by atoms with Gasteiger partial charge in [-0.25, -0.2) is 0 Å². The lowest BCUT2D eigenvalue weighted by atomic mass is 9.94. The zero-order chi connectivity index (χ0) is 25.9. The van der Waals surface area contributed by atoms with Crippen molar-refractivity contribution >= 4 is 63.4 Å². The molecule has 0 aliphatic heterocycles. The molecule has 0 saturated heterocycles. The van der Waals surface area contributed by atoms with Gasteiger partial charge in [-0.05, 0) is 66.7 Å². The van der Waals surface area contributed by atoms with Gasteiger partial charge in [0.2, 0.25) is 11.1 Å². The van der Waals surface area contributed by atoms with Crippen LogP contribution in [-0.4, -0.2) is 47.9 Å². The van der Waals surface area contributed by atoms with E-state index in [0.717, 1.165) is 22.7 Å². The predicted molar refractivity (Wildman–Crippen MR) is 139 cm³/mol. The van der Waals surface area contributed by atoms with E-state index in [9.17, 15) is 14.7 Å². The summed E-state index contributed by atoms with van der Waals surface area (Å²) in [6.45, 7) is 3.02. The number of pyridine rings is 1. The molecule has 0 unspecified atom stereocenters. The Labute approximate surface area is 220 Å². The number of aliphatic carboxylic acids is 1. The minimum Gasteiger partial charge on any atom is -0.480 e. The molecule has 0 fully saturated rings. The molecule has 1 amide bonds. The molecule has 182 valence electrons. The number of thioether (sulfide) groups is 1. The van der Waals surface area contributed by atoms with E-state index >= 15 is 0 Å². The van der Waals surface area contributed by atoms with Gasteiger partial charge < -0.3 is 10.4 Å². The molecular weight excluding hydrogens is 523 g/mol. The van der Waals surface area contributed by atoms with E-state index in [1.807, 2.05) is 12.1 Å². The summed E-state index contributed by atoms with van der Waals surface area (Å²) in [5.74, 6) is 4.16. The van der Waals surface area contributed by atoms with Gasteiger partial charge in [0, 0.05) is 17.1 Å². The number of fused-ring (bicyclic) bond motifs is 1. The minimum atomic E-state index is -1.19. The molecule has 2 aromatic heterocycles. The molecule has 2 N–H and O–H groups in total. The molecule has 2 heterocycles. The number of carboxylic acids is 1. The van der Waals surface area contributed by atoms with Crippen molar-refractivity contribution in [3.05, 3.63) is 64.3 Å². The van der Waals surface area contributed by atoms with Crippen LogP contribution < -0.4 is 5.32 Å². The van der Waals surface area contributed by atoms with Crippen molar-refractivity contribution in [2.45, 2.75) is 19.0 Å². The van der Waals surface area contributed by atoms with E-state index in [0.29, 0.717) is 27.1 Å². The molecular formula is C24H18Cl2N6O3S. The summed E-state index contributed by atoms with van der Waals surface area (Å²) in [5, 5.41) is 25.5. The fourth-order valence-electron chi connectivity index (χ4n) is 2.98. The number of aromatic nitrogens is 5. The Morgan fingerprint density at radius 1 is 1.19 bits per heavy atom. The molecule has 0 saturated carbocycles. The summed E-state index contributed by atoms with van der Waals surface area (Å²) < 4.78 is 1.46. The highest BCUT2D eigenvalue weighted by atomic mass is 35.5. The summed E-state index contributed by atoms with van der Waals surface area (Å²) in [4.78, 5) is 28.1. The van der Waals surface area contributed by atoms with Gasteiger partial charge in [0.25, 0.3) is 0 Å². The Kier molecular flexibility index (Phi) is 7.45. The second-order valence-electron chi connectivity index (χ2n) is 8.05. The number of carbonyl (C=O) groups excluding carboxylic acids is 1. The number of nitrogens with one attached hydrogen (secondary N) is 1. The lowest BCUT2D eigenvalue weighted by Gasteiger charge is -2.10. The Morgan fingerprint density at radius 3 is 2.75 bits per heavy atom. The summed E-state index contributed by atoms with van der Waals surface area (Å²) >= 11 is 14.0. The van der Waals surface area contributed by atoms with E-state index in [4.69, 9.17) is 23.2 Å². The molecule has 0 bridgehead atoms. The number of rotatable bonds is 6. The molecule has 9 nitrogen and oxygen atoms in total. The van der Waals surface area contributed by atoms with Crippen molar-refractivity contribution in [1.82, 2.24) is 25.2 Å². The van der Waals surface area contributed by atoms with E-state index < -0.39 is 11.4 Å². The van der Waals surface area contributed by atoms with E-state index in [1.54, 1.807) is 36.5 Å². The van der Waals surface area contributed by atoms with Crippen molar-refractivity contribution in [1.29, 1.82) is 0 Å². The summed E-state index contributed by atoms with van der Waals surface area (Å²) in [7, 11) is 0. The summed E-state index contributed by atoms with van der Waals surface area (Å²) in [5.41, 5.74) is 1.04. The van der Waals surface area contributed by atoms with Gasteiger partial charge >= 0.3 is 5.97 Å². The van der Waals surface area contributed by atoms with Crippen LogP contribution in [0, 0.1) is 17.3 Å².